The highest BCUT2D eigenvalue weighted by Crippen LogP contribution is 2.01. The minimum Gasteiger partial charge on any atom is -0.366 e. The van der Waals surface area contributed by atoms with Gasteiger partial charge in [-0.05, 0) is 32.4 Å². The molecule has 0 aliphatic heterocycles. The number of hydrogen-bond donors (Lipinski definition) is 1. The van der Waals surface area contributed by atoms with Crippen molar-refractivity contribution in [3.63, 3.8) is 0 Å². The summed E-state index contributed by atoms with van der Waals surface area (Å²) in [6.45, 7) is 11.8. The maximum atomic E-state index is 3.89. The van der Waals surface area contributed by atoms with E-state index in [9.17, 15) is 0 Å². The molecule has 12 heavy (non-hydrogen) atoms. The highest BCUT2D eigenvalue weighted by molar-refractivity contribution is 5.03. The van der Waals surface area contributed by atoms with E-state index < -0.39 is 0 Å². The highest BCUT2D eigenvalue weighted by Gasteiger charge is 1.88. The van der Waals surface area contributed by atoms with E-state index in [1.807, 2.05) is 12.3 Å². The van der Waals surface area contributed by atoms with E-state index in [0.717, 1.165) is 25.0 Å². The monoisotopic (exact) mass is 165 g/mol. The molecule has 0 amide bonds. The predicted octanol–water partition coefficient (Wildman–Crippen LogP) is 3.37. The fourth-order valence-electron chi connectivity index (χ4n) is 0.676. The van der Waals surface area contributed by atoms with Gasteiger partial charge in [0.15, 0.2) is 0 Å². The fourth-order valence-corrected chi connectivity index (χ4v) is 0.676. The zero-order chi connectivity index (χ0) is 9.40. The summed E-state index contributed by atoms with van der Waals surface area (Å²) in [6, 6.07) is 0. The molecule has 0 aromatic rings. The van der Waals surface area contributed by atoms with Crippen LogP contribution in [0.4, 0.5) is 0 Å². The van der Waals surface area contributed by atoms with Gasteiger partial charge in [0.05, 0.1) is 0 Å². The summed E-state index contributed by atoms with van der Waals surface area (Å²) in [7, 11) is 0. The van der Waals surface area contributed by atoms with Crippen LogP contribution in [0.2, 0.25) is 0 Å². The summed E-state index contributed by atoms with van der Waals surface area (Å²) in [5, 5.41) is 3.16. The lowest BCUT2D eigenvalue weighted by atomic mass is 10.2. The largest absolute Gasteiger partial charge is 0.366 e. The minimum atomic E-state index is 0.969. The van der Waals surface area contributed by atoms with Crippen molar-refractivity contribution in [3.8, 4) is 0 Å². The maximum absolute atomic E-state index is 3.89. The molecule has 1 heteroatoms. The lowest BCUT2D eigenvalue weighted by molar-refractivity contribution is 0.878. The molecule has 0 bridgehead atoms. The molecular weight excluding hydrogens is 146 g/mol. The lowest BCUT2D eigenvalue weighted by Gasteiger charge is -2.04. The van der Waals surface area contributed by atoms with Crippen LogP contribution in [0.1, 0.15) is 33.1 Å². The minimum absolute atomic E-state index is 0.969. The molecule has 0 fully saturated rings. The van der Waals surface area contributed by atoms with Crippen LogP contribution in [-0.4, -0.2) is 0 Å². The molecule has 0 radical (unpaired) electrons. The van der Waals surface area contributed by atoms with Gasteiger partial charge >= 0.3 is 0 Å². The molecule has 0 aromatic carbocycles. The molecule has 0 aliphatic rings. The van der Waals surface area contributed by atoms with E-state index >= 15 is 0 Å². The van der Waals surface area contributed by atoms with Crippen LogP contribution in [0, 0.1) is 0 Å². The van der Waals surface area contributed by atoms with Crippen molar-refractivity contribution in [2.75, 3.05) is 0 Å². The third-order valence-electron chi connectivity index (χ3n) is 1.73. The van der Waals surface area contributed by atoms with E-state index in [4.69, 9.17) is 0 Å². The number of rotatable bonds is 6. The first kappa shape index (κ1) is 11.0. The Hall–Kier alpha value is -0.980. The van der Waals surface area contributed by atoms with Crippen molar-refractivity contribution < 1.29 is 0 Å². The van der Waals surface area contributed by atoms with Gasteiger partial charge < -0.3 is 5.32 Å². The summed E-state index contributed by atoms with van der Waals surface area (Å²) in [5.74, 6) is 0. The van der Waals surface area contributed by atoms with Gasteiger partial charge in [-0.15, -0.1) is 6.58 Å². The van der Waals surface area contributed by atoms with Crippen LogP contribution in [0.25, 0.3) is 0 Å². The molecule has 0 aromatic heterocycles. The first-order valence-electron chi connectivity index (χ1n) is 4.41. The lowest BCUT2D eigenvalue weighted by Crippen LogP contribution is -2.03. The third-order valence-corrected chi connectivity index (χ3v) is 1.73. The van der Waals surface area contributed by atoms with E-state index in [0.29, 0.717) is 0 Å². The second-order valence-electron chi connectivity index (χ2n) is 2.92. The van der Waals surface area contributed by atoms with Crippen LogP contribution in [0.3, 0.4) is 0 Å². The molecule has 0 spiro atoms. The molecule has 0 aliphatic carbocycles. The van der Waals surface area contributed by atoms with Crippen LogP contribution in [0.15, 0.2) is 36.7 Å². The average Bonchev–Trinajstić information content (AvgIpc) is 2.10. The Morgan fingerprint density at radius 3 is 2.67 bits per heavy atom. The van der Waals surface area contributed by atoms with E-state index in [-0.39, 0.29) is 0 Å². The first-order chi connectivity index (χ1) is 5.70. The Labute approximate surface area is 75.9 Å². The van der Waals surface area contributed by atoms with Crippen LogP contribution >= 0.6 is 0 Å². The normalized spacial score (nSPS) is 11.0. The highest BCUT2D eigenvalue weighted by atomic mass is 14.8. The van der Waals surface area contributed by atoms with Gasteiger partial charge in [0.2, 0.25) is 0 Å². The van der Waals surface area contributed by atoms with Gasteiger partial charge in [0.25, 0.3) is 0 Å². The molecule has 0 rings (SSSR count). The third kappa shape index (κ3) is 5.78. The van der Waals surface area contributed by atoms with Gasteiger partial charge in [-0.3, -0.25) is 0 Å². The fraction of sp³-hybridized carbons (Fsp3) is 0.455. The van der Waals surface area contributed by atoms with E-state index in [1.54, 1.807) is 0 Å². The molecule has 0 unspecified atom stereocenters. The van der Waals surface area contributed by atoms with Crippen molar-refractivity contribution in [3.05, 3.63) is 36.7 Å². The predicted molar refractivity (Wildman–Crippen MR) is 55.8 cm³/mol. The number of hydrogen-bond acceptors (Lipinski definition) is 1. The van der Waals surface area contributed by atoms with Crippen molar-refractivity contribution in [2.24, 2.45) is 0 Å². The van der Waals surface area contributed by atoms with Gasteiger partial charge in [-0.25, -0.2) is 0 Å². The molecule has 68 valence electrons. The molecular formula is C11H19N. The standard InChI is InChI=1S/C11H19N/c1-5-7-8-11(4)12-9-10(3)6-2/h5,9,12H,1,4,6-8H2,2-3H3/b10-9+. The summed E-state index contributed by atoms with van der Waals surface area (Å²) in [4.78, 5) is 0. The number of nitrogens with one attached hydrogen (secondary N) is 1. The Morgan fingerprint density at radius 2 is 2.17 bits per heavy atom. The van der Waals surface area contributed by atoms with Crippen LogP contribution in [-0.2, 0) is 0 Å². The molecule has 0 saturated heterocycles. The molecule has 0 atom stereocenters. The quantitative estimate of drug-likeness (QED) is 0.595. The number of allylic oxidation sites excluding steroid dienone is 3. The van der Waals surface area contributed by atoms with E-state index in [2.05, 4.69) is 32.3 Å². The van der Waals surface area contributed by atoms with Crippen LogP contribution < -0.4 is 5.32 Å². The van der Waals surface area contributed by atoms with Crippen molar-refractivity contribution in [2.45, 2.75) is 33.1 Å². The molecule has 1 N–H and O–H groups in total. The zero-order valence-electron chi connectivity index (χ0n) is 8.19. The van der Waals surface area contributed by atoms with Gasteiger partial charge in [0, 0.05) is 5.70 Å². The Bertz CT molecular complexity index is 177. The van der Waals surface area contributed by atoms with Crippen molar-refractivity contribution in [1.82, 2.24) is 5.32 Å². The summed E-state index contributed by atoms with van der Waals surface area (Å²) >= 11 is 0. The maximum Gasteiger partial charge on any atom is 0.00764 e. The summed E-state index contributed by atoms with van der Waals surface area (Å²) in [5.41, 5.74) is 2.40. The second kappa shape index (κ2) is 6.71. The topological polar surface area (TPSA) is 12.0 Å². The summed E-state index contributed by atoms with van der Waals surface area (Å²) in [6.07, 6.45) is 6.97. The smallest absolute Gasteiger partial charge is 0.00764 e. The van der Waals surface area contributed by atoms with Gasteiger partial charge in [0.1, 0.15) is 0 Å². The second-order valence-corrected chi connectivity index (χ2v) is 2.92. The van der Waals surface area contributed by atoms with E-state index in [1.165, 1.54) is 5.57 Å². The van der Waals surface area contributed by atoms with Crippen LogP contribution in [0.5, 0.6) is 0 Å². The van der Waals surface area contributed by atoms with Gasteiger partial charge in [-0.2, -0.15) is 0 Å². The van der Waals surface area contributed by atoms with Crippen molar-refractivity contribution in [1.29, 1.82) is 0 Å². The molecule has 1 nitrogen and oxygen atoms in total. The Kier molecular flexibility index (Phi) is 6.16. The SMILES string of the molecule is C=CCCC(=C)N/C=C(\C)CC. The average molecular weight is 165 g/mol. The summed E-state index contributed by atoms with van der Waals surface area (Å²) < 4.78 is 0. The Morgan fingerprint density at radius 1 is 1.50 bits per heavy atom. The first-order valence-corrected chi connectivity index (χ1v) is 4.41. The molecule has 0 saturated carbocycles. The molecule has 0 heterocycles. The Balaban J connectivity index is 3.62. The zero-order valence-corrected chi connectivity index (χ0v) is 8.19. The van der Waals surface area contributed by atoms with Gasteiger partial charge in [-0.1, -0.05) is 25.2 Å². The van der Waals surface area contributed by atoms with Crippen molar-refractivity contribution >= 4 is 0 Å².